The van der Waals surface area contributed by atoms with Crippen LogP contribution in [0.3, 0.4) is 0 Å². The van der Waals surface area contributed by atoms with E-state index in [4.69, 9.17) is 20.8 Å². The SMILES string of the molecule is O=C(O)C(c1ccc(Cl)o1)C1CCOCC1. The molecule has 5 heteroatoms. The second-order valence-corrected chi connectivity index (χ2v) is 4.28. The molecule has 16 heavy (non-hydrogen) atoms. The number of carbonyl (C=O) groups is 1. The molecule has 88 valence electrons. The normalized spacial score (nSPS) is 19.6. The number of hydrogen-bond acceptors (Lipinski definition) is 3. The van der Waals surface area contributed by atoms with Gasteiger partial charge in [0.2, 0.25) is 0 Å². The molecule has 0 amide bonds. The molecule has 1 N–H and O–H groups in total. The third-order valence-corrected chi connectivity index (χ3v) is 3.11. The van der Waals surface area contributed by atoms with Crippen molar-refractivity contribution in [2.75, 3.05) is 13.2 Å². The Morgan fingerprint density at radius 1 is 1.44 bits per heavy atom. The van der Waals surface area contributed by atoms with Gasteiger partial charge in [-0.1, -0.05) is 0 Å². The lowest BCUT2D eigenvalue weighted by Crippen LogP contribution is -2.27. The van der Waals surface area contributed by atoms with Crippen LogP contribution in [0.15, 0.2) is 16.5 Å². The highest BCUT2D eigenvalue weighted by molar-refractivity contribution is 6.28. The van der Waals surface area contributed by atoms with E-state index < -0.39 is 11.9 Å². The van der Waals surface area contributed by atoms with Crippen LogP contribution < -0.4 is 0 Å². The van der Waals surface area contributed by atoms with Crippen molar-refractivity contribution in [2.45, 2.75) is 18.8 Å². The van der Waals surface area contributed by atoms with Crippen LogP contribution in [-0.2, 0) is 9.53 Å². The Labute approximate surface area is 98.1 Å². The summed E-state index contributed by atoms with van der Waals surface area (Å²) in [6.45, 7) is 1.23. The second kappa shape index (κ2) is 4.89. The molecular weight excluding hydrogens is 232 g/mol. The molecule has 1 saturated heterocycles. The van der Waals surface area contributed by atoms with Gasteiger partial charge in [0.25, 0.3) is 0 Å². The Kier molecular flexibility index (Phi) is 3.51. The first-order valence-electron chi connectivity index (χ1n) is 5.24. The zero-order valence-electron chi connectivity index (χ0n) is 8.69. The topological polar surface area (TPSA) is 59.7 Å². The maximum atomic E-state index is 11.3. The monoisotopic (exact) mass is 244 g/mol. The van der Waals surface area contributed by atoms with E-state index in [1.165, 1.54) is 0 Å². The van der Waals surface area contributed by atoms with Gasteiger partial charge in [0, 0.05) is 13.2 Å². The van der Waals surface area contributed by atoms with E-state index in [-0.39, 0.29) is 11.1 Å². The molecular formula is C11H13ClO4. The summed E-state index contributed by atoms with van der Waals surface area (Å²) in [5, 5.41) is 9.47. The third kappa shape index (κ3) is 2.39. The summed E-state index contributed by atoms with van der Waals surface area (Å²) in [5.74, 6) is -0.979. The van der Waals surface area contributed by atoms with Gasteiger partial charge in [-0.25, -0.2) is 0 Å². The van der Waals surface area contributed by atoms with Crippen molar-refractivity contribution >= 4 is 17.6 Å². The second-order valence-electron chi connectivity index (χ2n) is 3.91. The predicted molar refractivity (Wildman–Crippen MR) is 57.6 cm³/mol. The Morgan fingerprint density at radius 3 is 2.62 bits per heavy atom. The predicted octanol–water partition coefficient (Wildman–Crippen LogP) is 2.53. The Bertz CT molecular complexity index is 368. The van der Waals surface area contributed by atoms with E-state index in [0.717, 1.165) is 12.8 Å². The molecule has 2 heterocycles. The fourth-order valence-electron chi connectivity index (χ4n) is 2.10. The molecule has 1 aromatic heterocycles. The van der Waals surface area contributed by atoms with Crippen molar-refractivity contribution in [1.82, 2.24) is 0 Å². The van der Waals surface area contributed by atoms with Gasteiger partial charge in [-0.3, -0.25) is 4.79 Å². The lowest BCUT2D eigenvalue weighted by molar-refractivity contribution is -0.141. The fraction of sp³-hybridized carbons (Fsp3) is 0.545. The largest absolute Gasteiger partial charge is 0.481 e. The first-order valence-corrected chi connectivity index (χ1v) is 5.62. The number of carboxylic acid groups (broad SMARTS) is 1. The molecule has 0 bridgehead atoms. The molecule has 0 spiro atoms. The van der Waals surface area contributed by atoms with Gasteiger partial charge in [0.15, 0.2) is 5.22 Å². The van der Waals surface area contributed by atoms with Gasteiger partial charge in [0.1, 0.15) is 11.7 Å². The van der Waals surface area contributed by atoms with E-state index in [1.807, 2.05) is 0 Å². The number of rotatable bonds is 3. The summed E-state index contributed by atoms with van der Waals surface area (Å²) in [4.78, 5) is 11.3. The van der Waals surface area contributed by atoms with Crippen LogP contribution in [0.1, 0.15) is 24.5 Å². The summed E-state index contributed by atoms with van der Waals surface area (Å²) < 4.78 is 10.4. The van der Waals surface area contributed by atoms with E-state index in [1.54, 1.807) is 12.1 Å². The van der Waals surface area contributed by atoms with Crippen molar-refractivity contribution < 1.29 is 19.1 Å². The van der Waals surface area contributed by atoms with Crippen molar-refractivity contribution in [2.24, 2.45) is 5.92 Å². The van der Waals surface area contributed by atoms with Crippen molar-refractivity contribution in [1.29, 1.82) is 0 Å². The van der Waals surface area contributed by atoms with Crippen LogP contribution in [-0.4, -0.2) is 24.3 Å². The minimum atomic E-state index is -0.863. The average Bonchev–Trinajstić information content (AvgIpc) is 2.66. The first-order chi connectivity index (χ1) is 7.68. The van der Waals surface area contributed by atoms with E-state index in [2.05, 4.69) is 0 Å². The fourth-order valence-corrected chi connectivity index (χ4v) is 2.25. The molecule has 1 fully saturated rings. The zero-order chi connectivity index (χ0) is 11.5. The molecule has 1 atom stereocenters. The van der Waals surface area contributed by atoms with Crippen LogP contribution in [0, 0.1) is 5.92 Å². The molecule has 4 nitrogen and oxygen atoms in total. The van der Waals surface area contributed by atoms with Crippen LogP contribution in [0.5, 0.6) is 0 Å². The molecule has 2 rings (SSSR count). The highest BCUT2D eigenvalue weighted by atomic mass is 35.5. The molecule has 1 aromatic rings. The van der Waals surface area contributed by atoms with Gasteiger partial charge >= 0.3 is 5.97 Å². The van der Waals surface area contributed by atoms with Crippen LogP contribution in [0.25, 0.3) is 0 Å². The van der Waals surface area contributed by atoms with Gasteiger partial charge in [-0.05, 0) is 42.5 Å². The smallest absolute Gasteiger partial charge is 0.314 e. The first kappa shape index (κ1) is 11.5. The maximum Gasteiger partial charge on any atom is 0.314 e. The van der Waals surface area contributed by atoms with Crippen LogP contribution >= 0.6 is 11.6 Å². The summed E-state index contributed by atoms with van der Waals surface area (Å²) >= 11 is 5.66. The standard InChI is InChI=1S/C11H13ClO4/c12-9-2-1-8(16-9)10(11(13)14)7-3-5-15-6-4-7/h1-2,7,10H,3-6H2,(H,13,14). The minimum Gasteiger partial charge on any atom is -0.481 e. The lowest BCUT2D eigenvalue weighted by atomic mass is 9.84. The highest BCUT2D eigenvalue weighted by Crippen LogP contribution is 2.34. The maximum absolute atomic E-state index is 11.3. The molecule has 0 aromatic carbocycles. The van der Waals surface area contributed by atoms with E-state index in [0.29, 0.717) is 19.0 Å². The summed E-state index contributed by atoms with van der Waals surface area (Å²) in [6.07, 6.45) is 1.49. The average molecular weight is 245 g/mol. The third-order valence-electron chi connectivity index (χ3n) is 2.90. The molecule has 0 saturated carbocycles. The number of ether oxygens (including phenoxy) is 1. The number of furan rings is 1. The quantitative estimate of drug-likeness (QED) is 0.888. The molecule has 1 aliphatic rings. The van der Waals surface area contributed by atoms with Crippen molar-refractivity contribution in [3.63, 3.8) is 0 Å². The summed E-state index contributed by atoms with van der Waals surface area (Å²) in [7, 11) is 0. The van der Waals surface area contributed by atoms with Gasteiger partial charge in [0.05, 0.1) is 0 Å². The Balaban J connectivity index is 2.19. The molecule has 1 unspecified atom stereocenters. The van der Waals surface area contributed by atoms with Gasteiger partial charge in [-0.15, -0.1) is 0 Å². The minimum absolute atomic E-state index is 0.0634. The van der Waals surface area contributed by atoms with Crippen LogP contribution in [0.2, 0.25) is 5.22 Å². The number of carboxylic acids is 1. The van der Waals surface area contributed by atoms with Crippen molar-refractivity contribution in [3.8, 4) is 0 Å². The number of halogens is 1. The molecule has 0 radical (unpaired) electrons. The number of hydrogen-bond donors (Lipinski definition) is 1. The molecule has 0 aliphatic carbocycles. The number of aliphatic carboxylic acids is 1. The Hall–Kier alpha value is -1.00. The van der Waals surface area contributed by atoms with Crippen molar-refractivity contribution in [3.05, 3.63) is 23.1 Å². The summed E-state index contributed by atoms with van der Waals surface area (Å²) in [6, 6.07) is 3.21. The van der Waals surface area contributed by atoms with Crippen LogP contribution in [0.4, 0.5) is 0 Å². The summed E-state index contributed by atoms with van der Waals surface area (Å²) in [5.41, 5.74) is 0. The van der Waals surface area contributed by atoms with E-state index in [9.17, 15) is 9.90 Å². The Morgan fingerprint density at radius 2 is 2.12 bits per heavy atom. The zero-order valence-corrected chi connectivity index (χ0v) is 9.44. The lowest BCUT2D eigenvalue weighted by Gasteiger charge is -2.26. The highest BCUT2D eigenvalue weighted by Gasteiger charge is 2.33. The van der Waals surface area contributed by atoms with Gasteiger partial charge in [-0.2, -0.15) is 0 Å². The molecule has 1 aliphatic heterocycles. The van der Waals surface area contributed by atoms with Gasteiger partial charge < -0.3 is 14.3 Å². The van der Waals surface area contributed by atoms with E-state index >= 15 is 0 Å².